The van der Waals surface area contributed by atoms with E-state index in [-0.39, 0.29) is 5.91 Å². The van der Waals surface area contributed by atoms with Crippen molar-refractivity contribution in [2.75, 3.05) is 5.32 Å². The molecule has 0 aromatic carbocycles. The fourth-order valence-corrected chi connectivity index (χ4v) is 2.37. The number of aromatic nitrogens is 3. The first-order valence-electron chi connectivity index (χ1n) is 6.44. The van der Waals surface area contributed by atoms with Gasteiger partial charge in [0.1, 0.15) is 5.76 Å². The van der Waals surface area contributed by atoms with Gasteiger partial charge in [-0.15, -0.1) is 0 Å². The highest BCUT2D eigenvalue weighted by molar-refractivity contribution is 6.04. The Kier molecular flexibility index (Phi) is 2.85. The van der Waals surface area contributed by atoms with Crippen LogP contribution < -0.4 is 5.32 Å². The lowest BCUT2D eigenvalue weighted by Crippen LogP contribution is -2.16. The predicted molar refractivity (Wildman–Crippen MR) is 69.0 cm³/mol. The first-order chi connectivity index (χ1) is 9.16. The van der Waals surface area contributed by atoms with Crippen molar-refractivity contribution in [2.45, 2.75) is 32.6 Å². The first kappa shape index (κ1) is 12.0. The maximum Gasteiger partial charge on any atom is 0.278 e. The molecular weight excluding hydrogens is 244 g/mol. The van der Waals surface area contributed by atoms with E-state index in [9.17, 15) is 4.79 Å². The molecule has 0 bridgehead atoms. The van der Waals surface area contributed by atoms with Crippen molar-refractivity contribution in [3.8, 4) is 0 Å². The highest BCUT2D eigenvalue weighted by Crippen LogP contribution is 2.25. The van der Waals surface area contributed by atoms with Gasteiger partial charge < -0.3 is 9.84 Å². The summed E-state index contributed by atoms with van der Waals surface area (Å²) in [6.07, 6.45) is 5.57. The van der Waals surface area contributed by atoms with Gasteiger partial charge in [0, 0.05) is 19.0 Å². The van der Waals surface area contributed by atoms with Gasteiger partial charge in [-0.05, 0) is 26.2 Å². The molecule has 2 aromatic heterocycles. The zero-order valence-electron chi connectivity index (χ0n) is 11.1. The van der Waals surface area contributed by atoms with Crippen molar-refractivity contribution in [3.05, 3.63) is 28.9 Å². The largest absolute Gasteiger partial charge is 0.360 e. The van der Waals surface area contributed by atoms with Gasteiger partial charge in [0.15, 0.2) is 5.69 Å². The number of anilines is 1. The Morgan fingerprint density at radius 1 is 1.42 bits per heavy atom. The second kappa shape index (κ2) is 4.53. The number of carbonyl (C=O) groups excluding carboxylic acids is 1. The minimum Gasteiger partial charge on any atom is -0.360 e. The van der Waals surface area contributed by atoms with Crippen LogP contribution in [-0.2, 0) is 19.9 Å². The summed E-state index contributed by atoms with van der Waals surface area (Å²) >= 11 is 0. The molecule has 0 fully saturated rings. The fraction of sp³-hybridized carbons (Fsp3) is 0.462. The van der Waals surface area contributed by atoms with Crippen LogP contribution in [0.1, 0.15) is 40.3 Å². The number of nitrogens with zero attached hydrogens (tertiary/aromatic N) is 3. The van der Waals surface area contributed by atoms with Crippen LogP contribution in [0.3, 0.4) is 0 Å². The van der Waals surface area contributed by atoms with E-state index in [1.807, 2.05) is 14.0 Å². The molecule has 6 nitrogen and oxygen atoms in total. The average molecular weight is 260 g/mol. The summed E-state index contributed by atoms with van der Waals surface area (Å²) in [5, 5.41) is 10.9. The third kappa shape index (κ3) is 2.03. The van der Waals surface area contributed by atoms with Gasteiger partial charge in [-0.3, -0.25) is 9.48 Å². The minimum atomic E-state index is -0.219. The molecule has 0 spiro atoms. The lowest BCUT2D eigenvalue weighted by molar-refractivity contribution is 0.101. The topological polar surface area (TPSA) is 73.0 Å². The van der Waals surface area contributed by atoms with Crippen LogP contribution in [0.5, 0.6) is 0 Å². The van der Waals surface area contributed by atoms with Crippen molar-refractivity contribution >= 4 is 11.6 Å². The molecule has 0 saturated heterocycles. The van der Waals surface area contributed by atoms with Gasteiger partial charge in [-0.2, -0.15) is 5.10 Å². The van der Waals surface area contributed by atoms with E-state index in [1.165, 1.54) is 0 Å². The van der Waals surface area contributed by atoms with Crippen LogP contribution in [0.4, 0.5) is 5.69 Å². The summed E-state index contributed by atoms with van der Waals surface area (Å²) in [6, 6.07) is 0. The van der Waals surface area contributed by atoms with Gasteiger partial charge in [0.25, 0.3) is 5.91 Å². The maximum atomic E-state index is 12.2. The smallest absolute Gasteiger partial charge is 0.278 e. The Morgan fingerprint density at radius 2 is 2.21 bits per heavy atom. The van der Waals surface area contributed by atoms with Crippen molar-refractivity contribution in [3.63, 3.8) is 0 Å². The lowest BCUT2D eigenvalue weighted by Gasteiger charge is -2.09. The van der Waals surface area contributed by atoms with E-state index in [1.54, 1.807) is 10.9 Å². The minimum absolute atomic E-state index is 0.219. The van der Waals surface area contributed by atoms with E-state index in [0.29, 0.717) is 11.4 Å². The van der Waals surface area contributed by atoms with Crippen molar-refractivity contribution in [2.24, 2.45) is 7.05 Å². The third-order valence-electron chi connectivity index (χ3n) is 3.65. The SMILES string of the molecule is Cc1c(NC(=O)c2noc3c2CCCC3)cnn1C. The van der Waals surface area contributed by atoms with Crippen molar-refractivity contribution in [1.29, 1.82) is 0 Å². The number of aryl methyl sites for hydroxylation is 2. The quantitative estimate of drug-likeness (QED) is 0.894. The van der Waals surface area contributed by atoms with Gasteiger partial charge in [0.2, 0.25) is 0 Å². The van der Waals surface area contributed by atoms with Gasteiger partial charge in [-0.25, -0.2) is 0 Å². The normalized spacial score (nSPS) is 14.2. The molecular formula is C13H16N4O2. The molecule has 6 heteroatoms. The Hall–Kier alpha value is -2.11. The maximum absolute atomic E-state index is 12.2. The van der Waals surface area contributed by atoms with Crippen LogP contribution in [0.2, 0.25) is 0 Å². The van der Waals surface area contributed by atoms with E-state index < -0.39 is 0 Å². The van der Waals surface area contributed by atoms with Crippen molar-refractivity contribution in [1.82, 2.24) is 14.9 Å². The summed E-state index contributed by atoms with van der Waals surface area (Å²) in [5.41, 5.74) is 2.99. The molecule has 100 valence electrons. The number of amides is 1. The number of hydrogen-bond acceptors (Lipinski definition) is 4. The molecule has 0 radical (unpaired) electrons. The van der Waals surface area contributed by atoms with Crippen LogP contribution in [0, 0.1) is 6.92 Å². The zero-order chi connectivity index (χ0) is 13.4. The predicted octanol–water partition coefficient (Wildman–Crippen LogP) is 1.85. The highest BCUT2D eigenvalue weighted by atomic mass is 16.5. The molecule has 0 saturated carbocycles. The van der Waals surface area contributed by atoms with Crippen LogP contribution >= 0.6 is 0 Å². The second-order valence-electron chi connectivity index (χ2n) is 4.86. The molecule has 1 N–H and O–H groups in total. The highest BCUT2D eigenvalue weighted by Gasteiger charge is 2.24. The van der Waals surface area contributed by atoms with Gasteiger partial charge in [0.05, 0.1) is 17.6 Å². The average Bonchev–Trinajstić information content (AvgIpc) is 2.97. The standard InChI is InChI=1S/C13H16N4O2/c1-8-10(7-14-17(8)2)15-13(18)12-9-5-3-4-6-11(9)19-16-12/h7H,3-6H2,1-2H3,(H,15,18). The lowest BCUT2D eigenvalue weighted by atomic mass is 9.96. The number of rotatable bonds is 2. The Labute approximate surface area is 110 Å². The van der Waals surface area contributed by atoms with Gasteiger partial charge in [-0.1, -0.05) is 5.16 Å². The summed E-state index contributed by atoms with van der Waals surface area (Å²) in [4.78, 5) is 12.2. The molecule has 0 unspecified atom stereocenters. The third-order valence-corrected chi connectivity index (χ3v) is 3.65. The molecule has 2 aromatic rings. The summed E-state index contributed by atoms with van der Waals surface area (Å²) < 4.78 is 6.97. The molecule has 1 aliphatic carbocycles. The molecule has 0 aliphatic heterocycles. The molecule has 2 heterocycles. The van der Waals surface area contributed by atoms with E-state index in [0.717, 1.165) is 42.7 Å². The molecule has 3 rings (SSSR count). The first-order valence-corrected chi connectivity index (χ1v) is 6.44. The van der Waals surface area contributed by atoms with Crippen LogP contribution in [-0.4, -0.2) is 20.8 Å². The molecule has 1 amide bonds. The number of nitrogens with one attached hydrogen (secondary N) is 1. The molecule has 19 heavy (non-hydrogen) atoms. The van der Waals surface area contributed by atoms with E-state index in [4.69, 9.17) is 4.52 Å². The van der Waals surface area contributed by atoms with Gasteiger partial charge >= 0.3 is 0 Å². The Balaban J connectivity index is 1.85. The Bertz CT molecular complexity index is 627. The summed E-state index contributed by atoms with van der Waals surface area (Å²) in [7, 11) is 1.84. The molecule has 1 aliphatic rings. The van der Waals surface area contributed by atoms with Crippen molar-refractivity contribution < 1.29 is 9.32 Å². The zero-order valence-corrected chi connectivity index (χ0v) is 11.1. The van der Waals surface area contributed by atoms with E-state index in [2.05, 4.69) is 15.6 Å². The molecule has 0 atom stereocenters. The van der Waals surface area contributed by atoms with Crippen LogP contribution in [0.25, 0.3) is 0 Å². The summed E-state index contributed by atoms with van der Waals surface area (Å²) in [5.74, 6) is 0.641. The number of fused-ring (bicyclic) bond motifs is 1. The number of hydrogen-bond donors (Lipinski definition) is 1. The van der Waals surface area contributed by atoms with E-state index >= 15 is 0 Å². The number of carbonyl (C=O) groups is 1. The fourth-order valence-electron chi connectivity index (χ4n) is 2.37. The Morgan fingerprint density at radius 3 is 2.95 bits per heavy atom. The second-order valence-corrected chi connectivity index (χ2v) is 4.86. The summed E-state index contributed by atoms with van der Waals surface area (Å²) in [6.45, 7) is 1.90. The monoisotopic (exact) mass is 260 g/mol. The van der Waals surface area contributed by atoms with Crippen LogP contribution in [0.15, 0.2) is 10.7 Å².